The van der Waals surface area contributed by atoms with Gasteiger partial charge < -0.3 is 9.47 Å². The predicted octanol–water partition coefficient (Wildman–Crippen LogP) is 12.6. The number of ether oxygens (including phenoxy) is 2. The molecule has 0 aliphatic carbocycles. The summed E-state index contributed by atoms with van der Waals surface area (Å²) in [6.45, 7) is 13.8. The molecule has 0 aromatic heterocycles. The van der Waals surface area contributed by atoms with Gasteiger partial charge in [0.15, 0.2) is 0 Å². The molecule has 0 N–H and O–H groups in total. The third-order valence-corrected chi connectivity index (χ3v) is 15.0. The van der Waals surface area contributed by atoms with Gasteiger partial charge in [-0.15, -0.1) is 0 Å². The molecule has 272 valence electrons. The van der Waals surface area contributed by atoms with Crippen molar-refractivity contribution in [3.05, 3.63) is 82.9 Å². The lowest BCUT2D eigenvalue weighted by molar-refractivity contribution is -0.143. The third-order valence-electron chi connectivity index (χ3n) is 9.00. The fraction of sp³-hybridized carbons (Fsp3) is 0.368. The second-order valence-electron chi connectivity index (χ2n) is 14.8. The van der Waals surface area contributed by atoms with Gasteiger partial charge in [0, 0.05) is 21.7 Å². The SMILES string of the molecule is Cc1cc(-c2ccc(-c3ccc(-c4cc(C(F)(F)F)cc(C(F)(F)F)c4)c4c3[P@](C(C)(C)C)CO4)c3c2OC[P@@]3C(C)(C)C)cc(C(F)(F)F)c1. The minimum absolute atomic E-state index is 0.104. The molecule has 2 heterocycles. The maximum absolute atomic E-state index is 13.9. The lowest BCUT2D eigenvalue weighted by atomic mass is 9.93. The Bertz CT molecular complexity index is 1980. The Hall–Kier alpha value is -3.29. The molecule has 0 saturated heterocycles. The standard InChI is InChI=1S/C38H35F9O2P2/c1-20-12-21(14-23(13-20)36(39,40)41)26-8-10-28(32-30(26)48-18-50(32)34(2,3)4)29-11-9-27(31-33(29)51(19-49-31)35(5,6)7)22-15-24(37(42,43)44)17-25(16-22)38(45,46)47/h8-17H,18-19H2,1-7H3/t50-,51-/m1/s1. The van der Waals surface area contributed by atoms with E-state index in [4.69, 9.17) is 9.47 Å². The maximum Gasteiger partial charge on any atom is 0.416 e. The number of halogens is 9. The Labute approximate surface area is 292 Å². The second-order valence-corrected chi connectivity index (χ2v) is 20.6. The second kappa shape index (κ2) is 12.4. The zero-order valence-corrected chi connectivity index (χ0v) is 30.6. The van der Waals surface area contributed by atoms with E-state index in [2.05, 4.69) is 20.8 Å². The van der Waals surface area contributed by atoms with Crippen molar-refractivity contribution >= 4 is 26.5 Å². The van der Waals surface area contributed by atoms with E-state index in [1.807, 2.05) is 26.8 Å². The number of hydrogen-bond donors (Lipinski definition) is 0. The quantitative estimate of drug-likeness (QED) is 0.153. The van der Waals surface area contributed by atoms with Crippen LogP contribution in [0.4, 0.5) is 39.5 Å². The van der Waals surface area contributed by atoms with E-state index in [9.17, 15) is 39.5 Å². The fourth-order valence-corrected chi connectivity index (χ4v) is 11.2. The van der Waals surface area contributed by atoms with Crippen molar-refractivity contribution in [1.82, 2.24) is 0 Å². The van der Waals surface area contributed by atoms with Crippen LogP contribution in [0.25, 0.3) is 33.4 Å². The minimum atomic E-state index is -5.03. The van der Waals surface area contributed by atoms with Gasteiger partial charge in [0.25, 0.3) is 0 Å². The molecule has 2 aliphatic rings. The molecule has 0 fully saturated rings. The summed E-state index contributed by atoms with van der Waals surface area (Å²) in [7, 11) is -2.22. The monoisotopic (exact) mass is 756 g/mol. The van der Waals surface area contributed by atoms with E-state index >= 15 is 0 Å². The summed E-state index contributed by atoms with van der Waals surface area (Å²) >= 11 is 0. The molecule has 0 saturated carbocycles. The molecule has 13 heteroatoms. The van der Waals surface area contributed by atoms with E-state index in [0.717, 1.165) is 23.0 Å². The highest BCUT2D eigenvalue weighted by atomic mass is 31.1. The molecule has 0 radical (unpaired) electrons. The van der Waals surface area contributed by atoms with Gasteiger partial charge in [-0.1, -0.05) is 59.7 Å². The number of benzene rings is 4. The number of rotatable bonds is 3. The highest BCUT2D eigenvalue weighted by Gasteiger charge is 2.43. The normalized spacial score (nSPS) is 18.0. The van der Waals surface area contributed by atoms with E-state index in [-0.39, 0.29) is 39.6 Å². The van der Waals surface area contributed by atoms with Crippen molar-refractivity contribution in [2.45, 2.75) is 77.3 Å². The average Bonchev–Trinajstić information content (AvgIpc) is 3.65. The molecule has 2 aliphatic heterocycles. The van der Waals surface area contributed by atoms with Crippen LogP contribution < -0.4 is 20.1 Å². The fourth-order valence-electron chi connectivity index (χ4n) is 6.52. The van der Waals surface area contributed by atoms with Crippen LogP contribution in [-0.4, -0.2) is 23.0 Å². The van der Waals surface area contributed by atoms with Gasteiger partial charge in [0.2, 0.25) is 0 Å². The van der Waals surface area contributed by atoms with Crippen LogP contribution in [-0.2, 0) is 18.5 Å². The van der Waals surface area contributed by atoms with Gasteiger partial charge >= 0.3 is 18.5 Å². The van der Waals surface area contributed by atoms with E-state index in [1.54, 1.807) is 25.1 Å². The topological polar surface area (TPSA) is 18.5 Å². The van der Waals surface area contributed by atoms with Crippen LogP contribution in [0.5, 0.6) is 11.5 Å². The van der Waals surface area contributed by atoms with Gasteiger partial charge in [0.05, 0.1) is 16.7 Å². The van der Waals surface area contributed by atoms with Gasteiger partial charge in [0.1, 0.15) is 24.2 Å². The molecular weight excluding hydrogens is 721 g/mol. The molecule has 0 amide bonds. The maximum atomic E-state index is 13.9. The molecule has 0 unspecified atom stereocenters. The Morgan fingerprint density at radius 2 is 0.804 bits per heavy atom. The van der Waals surface area contributed by atoms with Crippen LogP contribution in [0.15, 0.2) is 60.7 Å². The van der Waals surface area contributed by atoms with Crippen molar-refractivity contribution < 1.29 is 49.0 Å². The Kier molecular flexibility index (Phi) is 9.11. The molecule has 0 bridgehead atoms. The zero-order chi connectivity index (χ0) is 37.6. The molecule has 4 aromatic rings. The summed E-state index contributed by atoms with van der Waals surface area (Å²) < 4.78 is 138. The van der Waals surface area contributed by atoms with Crippen LogP contribution in [0.2, 0.25) is 0 Å². The molecule has 0 spiro atoms. The minimum Gasteiger partial charge on any atom is -0.488 e. The Balaban J connectivity index is 1.63. The van der Waals surface area contributed by atoms with Crippen molar-refractivity contribution in [3.8, 4) is 44.9 Å². The molecular formula is C38H35F9O2P2. The zero-order valence-electron chi connectivity index (χ0n) is 28.8. The van der Waals surface area contributed by atoms with Crippen molar-refractivity contribution in [2.24, 2.45) is 0 Å². The third kappa shape index (κ3) is 7.10. The lowest BCUT2D eigenvalue weighted by Gasteiger charge is -2.30. The van der Waals surface area contributed by atoms with Crippen LogP contribution in [0, 0.1) is 6.92 Å². The van der Waals surface area contributed by atoms with Crippen LogP contribution in [0.1, 0.15) is 63.8 Å². The van der Waals surface area contributed by atoms with Crippen molar-refractivity contribution in [3.63, 3.8) is 0 Å². The van der Waals surface area contributed by atoms with Crippen LogP contribution in [0.3, 0.4) is 0 Å². The largest absolute Gasteiger partial charge is 0.488 e. The number of alkyl halides is 9. The van der Waals surface area contributed by atoms with Gasteiger partial charge in [-0.05, 0) is 103 Å². The van der Waals surface area contributed by atoms with Crippen molar-refractivity contribution in [1.29, 1.82) is 0 Å². The summed E-state index contributed by atoms with van der Waals surface area (Å²) in [6.07, 6.45) is -14.1. The summed E-state index contributed by atoms with van der Waals surface area (Å²) in [5, 5.41) is 0.886. The van der Waals surface area contributed by atoms with Gasteiger partial charge in [-0.25, -0.2) is 0 Å². The number of hydrogen-bond acceptors (Lipinski definition) is 2. The first kappa shape index (κ1) is 37.5. The van der Waals surface area contributed by atoms with Crippen molar-refractivity contribution in [2.75, 3.05) is 12.7 Å². The first-order valence-corrected chi connectivity index (χ1v) is 19.1. The van der Waals surface area contributed by atoms with E-state index in [0.29, 0.717) is 51.8 Å². The Morgan fingerprint density at radius 1 is 0.471 bits per heavy atom. The first-order chi connectivity index (χ1) is 23.4. The summed E-state index contributed by atoms with van der Waals surface area (Å²) in [5.41, 5.74) is -1.05. The summed E-state index contributed by atoms with van der Waals surface area (Å²) in [4.78, 5) is 0. The molecule has 2 atom stereocenters. The van der Waals surface area contributed by atoms with E-state index in [1.165, 1.54) is 6.07 Å². The first-order valence-electron chi connectivity index (χ1n) is 16.0. The molecule has 51 heavy (non-hydrogen) atoms. The molecule has 6 rings (SSSR count). The molecule has 2 nitrogen and oxygen atoms in total. The highest BCUT2D eigenvalue weighted by Crippen LogP contribution is 2.61. The summed E-state index contributed by atoms with van der Waals surface area (Å²) in [6, 6.07) is 12.2. The van der Waals surface area contributed by atoms with Gasteiger partial charge in [-0.3, -0.25) is 0 Å². The number of fused-ring (bicyclic) bond motifs is 2. The van der Waals surface area contributed by atoms with E-state index < -0.39 is 51.1 Å². The Morgan fingerprint density at radius 3 is 1.16 bits per heavy atom. The smallest absolute Gasteiger partial charge is 0.416 e. The molecule has 4 aromatic carbocycles. The van der Waals surface area contributed by atoms with Gasteiger partial charge in [-0.2, -0.15) is 39.5 Å². The average molecular weight is 757 g/mol. The summed E-state index contributed by atoms with van der Waals surface area (Å²) in [5.74, 6) is 0.697. The number of aryl methyl sites for hydroxylation is 1. The predicted molar refractivity (Wildman–Crippen MR) is 186 cm³/mol. The highest BCUT2D eigenvalue weighted by molar-refractivity contribution is 7.68. The lowest BCUT2D eigenvalue weighted by Crippen LogP contribution is -2.22. The van der Waals surface area contributed by atoms with Crippen LogP contribution >= 0.6 is 15.8 Å².